The highest BCUT2D eigenvalue weighted by Gasteiger charge is 2.23. The number of fused-ring (bicyclic) bond motifs is 1. The molecule has 0 spiro atoms. The van der Waals surface area contributed by atoms with Crippen LogP contribution < -0.4 is 5.56 Å². The Morgan fingerprint density at radius 2 is 1.88 bits per heavy atom. The fourth-order valence-corrected chi connectivity index (χ4v) is 3.91. The van der Waals surface area contributed by atoms with Gasteiger partial charge in [0.05, 0.1) is 12.7 Å². The lowest BCUT2D eigenvalue weighted by Gasteiger charge is -2.34. The molecule has 0 radical (unpaired) electrons. The first-order valence-corrected chi connectivity index (χ1v) is 10.7. The molecule has 0 bridgehead atoms. The Kier molecular flexibility index (Phi) is 5.47. The van der Waals surface area contributed by atoms with Gasteiger partial charge in [0.15, 0.2) is 5.65 Å². The van der Waals surface area contributed by atoms with Crippen molar-refractivity contribution < 1.29 is 9.32 Å². The zero-order chi connectivity index (χ0) is 22.9. The van der Waals surface area contributed by atoms with Crippen molar-refractivity contribution in [2.45, 2.75) is 20.0 Å². The number of aromatic nitrogens is 6. The molecule has 0 aliphatic carbocycles. The second-order valence-electron chi connectivity index (χ2n) is 8.22. The summed E-state index contributed by atoms with van der Waals surface area (Å²) in [6.07, 6.45) is 2.88. The zero-order valence-electron chi connectivity index (χ0n) is 18.5. The number of carbonyl (C=O) groups excluding carboxylic acids is 1. The molecule has 1 aliphatic heterocycles. The maximum Gasteiger partial charge on any atom is 0.264 e. The molecule has 11 nitrogen and oxygen atoms in total. The molecule has 0 atom stereocenters. The van der Waals surface area contributed by atoms with Crippen LogP contribution in [0.4, 0.5) is 0 Å². The molecule has 3 aromatic heterocycles. The smallest absolute Gasteiger partial charge is 0.264 e. The number of rotatable bonds is 5. The average Bonchev–Trinajstić information content (AvgIpc) is 3.44. The highest BCUT2D eigenvalue weighted by atomic mass is 16.5. The molecule has 4 aromatic rings. The molecular formula is C22H24N8O3. The largest absolute Gasteiger partial charge is 0.339 e. The van der Waals surface area contributed by atoms with E-state index in [-0.39, 0.29) is 18.0 Å². The third-order valence-electron chi connectivity index (χ3n) is 5.89. The van der Waals surface area contributed by atoms with Gasteiger partial charge in [-0.1, -0.05) is 35.0 Å². The van der Waals surface area contributed by atoms with Crippen LogP contribution in [-0.2, 0) is 24.9 Å². The van der Waals surface area contributed by atoms with Gasteiger partial charge in [-0.25, -0.2) is 4.98 Å². The van der Waals surface area contributed by atoms with Crippen molar-refractivity contribution >= 4 is 16.9 Å². The van der Waals surface area contributed by atoms with Gasteiger partial charge in [-0.05, 0) is 6.92 Å². The Bertz CT molecular complexity index is 1350. The highest BCUT2D eigenvalue weighted by molar-refractivity contribution is 5.77. The second-order valence-corrected chi connectivity index (χ2v) is 8.22. The quantitative estimate of drug-likeness (QED) is 0.441. The molecule has 33 heavy (non-hydrogen) atoms. The number of hydrogen-bond donors (Lipinski definition) is 0. The number of amides is 1. The van der Waals surface area contributed by atoms with Gasteiger partial charge in [-0.2, -0.15) is 10.1 Å². The lowest BCUT2D eigenvalue weighted by atomic mass is 10.1. The molecule has 1 fully saturated rings. The van der Waals surface area contributed by atoms with E-state index in [1.165, 1.54) is 27.3 Å². The molecule has 1 saturated heterocycles. The third kappa shape index (κ3) is 4.27. The minimum Gasteiger partial charge on any atom is -0.339 e. The van der Waals surface area contributed by atoms with E-state index in [2.05, 4.69) is 25.1 Å². The molecule has 0 saturated carbocycles. The predicted molar refractivity (Wildman–Crippen MR) is 119 cm³/mol. The molecule has 5 rings (SSSR count). The normalized spacial score (nSPS) is 14.8. The molecule has 0 unspecified atom stereocenters. The maximum atomic E-state index is 12.8. The molecular weight excluding hydrogens is 424 g/mol. The number of hydrogen-bond acceptors (Lipinski definition) is 8. The van der Waals surface area contributed by atoms with Crippen molar-refractivity contribution in [2.75, 3.05) is 26.2 Å². The van der Waals surface area contributed by atoms with Gasteiger partial charge in [0.1, 0.15) is 18.3 Å². The Morgan fingerprint density at radius 3 is 2.64 bits per heavy atom. The molecule has 4 heterocycles. The number of benzene rings is 1. The van der Waals surface area contributed by atoms with Crippen molar-refractivity contribution in [3.8, 4) is 11.4 Å². The van der Waals surface area contributed by atoms with Gasteiger partial charge >= 0.3 is 0 Å². The molecule has 1 aromatic carbocycles. The highest BCUT2D eigenvalue weighted by Crippen LogP contribution is 2.17. The standard InChI is InChI=1S/C22H24N8O3/c1-15-3-5-16(6-4-15)20-25-18(33-26-20)12-28-7-9-29(10-8-28)19(31)13-30-14-23-21-17(22(30)32)11-24-27(21)2/h3-6,11,14H,7-10,12-13H2,1-2H3. The summed E-state index contributed by atoms with van der Waals surface area (Å²) in [7, 11) is 1.72. The van der Waals surface area contributed by atoms with Crippen LogP contribution in [0.1, 0.15) is 11.5 Å². The topological polar surface area (TPSA) is 115 Å². The van der Waals surface area contributed by atoms with Crippen molar-refractivity contribution in [3.05, 3.63) is 58.6 Å². The summed E-state index contributed by atoms with van der Waals surface area (Å²) in [6.45, 7) is 5.02. The number of aryl methyl sites for hydroxylation is 2. The summed E-state index contributed by atoms with van der Waals surface area (Å²) in [5.74, 6) is 1.01. The lowest BCUT2D eigenvalue weighted by molar-refractivity contribution is -0.133. The summed E-state index contributed by atoms with van der Waals surface area (Å²) in [6, 6.07) is 7.98. The van der Waals surface area contributed by atoms with Crippen molar-refractivity contribution in [1.82, 2.24) is 39.3 Å². The molecule has 1 aliphatic rings. The van der Waals surface area contributed by atoms with Crippen LogP contribution in [0.2, 0.25) is 0 Å². The van der Waals surface area contributed by atoms with Gasteiger partial charge in [-0.3, -0.25) is 23.7 Å². The monoisotopic (exact) mass is 448 g/mol. The van der Waals surface area contributed by atoms with Crippen LogP contribution in [0.25, 0.3) is 22.4 Å². The lowest BCUT2D eigenvalue weighted by Crippen LogP contribution is -2.49. The Balaban J connectivity index is 1.17. The first kappa shape index (κ1) is 21.0. The van der Waals surface area contributed by atoms with Gasteiger partial charge in [0.25, 0.3) is 5.56 Å². The van der Waals surface area contributed by atoms with Crippen molar-refractivity contribution in [1.29, 1.82) is 0 Å². The van der Waals surface area contributed by atoms with Crippen molar-refractivity contribution in [2.24, 2.45) is 7.05 Å². The van der Waals surface area contributed by atoms with Crippen molar-refractivity contribution in [3.63, 3.8) is 0 Å². The summed E-state index contributed by atoms with van der Waals surface area (Å²) in [5.41, 5.74) is 2.33. The van der Waals surface area contributed by atoms with E-state index < -0.39 is 0 Å². The van der Waals surface area contributed by atoms with E-state index in [4.69, 9.17) is 4.52 Å². The van der Waals surface area contributed by atoms with Crippen LogP contribution in [-0.4, -0.2) is 71.4 Å². The number of carbonyl (C=O) groups is 1. The van der Waals surface area contributed by atoms with Crippen LogP contribution >= 0.6 is 0 Å². The molecule has 170 valence electrons. The minimum absolute atomic E-state index is 0.0414. The fraction of sp³-hybridized carbons (Fsp3) is 0.364. The summed E-state index contributed by atoms with van der Waals surface area (Å²) in [4.78, 5) is 38.1. The van der Waals surface area contributed by atoms with E-state index in [1.54, 1.807) is 11.9 Å². The van der Waals surface area contributed by atoms with E-state index >= 15 is 0 Å². The average molecular weight is 448 g/mol. The predicted octanol–water partition coefficient (Wildman–Crippen LogP) is 0.833. The second kappa shape index (κ2) is 8.58. The SMILES string of the molecule is Cc1ccc(-c2noc(CN3CCN(C(=O)Cn4cnc5c(cnn5C)c4=O)CC3)n2)cc1. The molecule has 1 amide bonds. The molecule has 11 heteroatoms. The van der Waals surface area contributed by atoms with Crippen LogP contribution in [0.15, 0.2) is 46.1 Å². The van der Waals surface area contributed by atoms with Gasteiger partial charge in [0.2, 0.25) is 17.6 Å². The fourth-order valence-electron chi connectivity index (χ4n) is 3.91. The van der Waals surface area contributed by atoms with E-state index in [1.807, 2.05) is 31.2 Å². The first-order valence-electron chi connectivity index (χ1n) is 10.7. The van der Waals surface area contributed by atoms with Crippen LogP contribution in [0, 0.1) is 6.92 Å². The first-order chi connectivity index (χ1) is 16.0. The Labute approximate surface area is 189 Å². The number of piperazine rings is 1. The van der Waals surface area contributed by atoms with Crippen LogP contribution in [0.5, 0.6) is 0 Å². The van der Waals surface area contributed by atoms with E-state index in [0.29, 0.717) is 55.5 Å². The van der Waals surface area contributed by atoms with Gasteiger partial charge < -0.3 is 9.42 Å². The summed E-state index contributed by atoms with van der Waals surface area (Å²) < 4.78 is 8.29. The van der Waals surface area contributed by atoms with E-state index in [9.17, 15) is 9.59 Å². The minimum atomic E-state index is -0.263. The van der Waals surface area contributed by atoms with E-state index in [0.717, 1.165) is 5.56 Å². The summed E-state index contributed by atoms with van der Waals surface area (Å²) in [5, 5.41) is 8.54. The third-order valence-corrected chi connectivity index (χ3v) is 5.89. The maximum absolute atomic E-state index is 12.8. The molecule has 0 N–H and O–H groups in total. The Hall–Kier alpha value is -3.86. The number of nitrogens with zero attached hydrogens (tertiary/aromatic N) is 8. The van der Waals surface area contributed by atoms with Gasteiger partial charge in [0, 0.05) is 38.8 Å². The van der Waals surface area contributed by atoms with Crippen LogP contribution in [0.3, 0.4) is 0 Å². The Morgan fingerprint density at radius 1 is 1.12 bits per heavy atom. The summed E-state index contributed by atoms with van der Waals surface area (Å²) >= 11 is 0. The zero-order valence-corrected chi connectivity index (χ0v) is 18.5. The van der Waals surface area contributed by atoms with Gasteiger partial charge in [-0.15, -0.1) is 0 Å².